The first-order chi connectivity index (χ1) is 7.18. The first-order valence-corrected chi connectivity index (χ1v) is 6.49. The zero-order valence-corrected chi connectivity index (χ0v) is 9.15. The molecule has 0 radical (unpaired) electrons. The lowest BCUT2D eigenvalue weighted by Crippen LogP contribution is -2.25. The first-order valence-electron chi connectivity index (χ1n) is 4.88. The Hall–Kier alpha value is -1.29. The average Bonchev–Trinajstić information content (AvgIpc) is 2.71. The molecule has 0 aliphatic carbocycles. The van der Waals surface area contributed by atoms with Crippen molar-refractivity contribution >= 4 is 10.0 Å². The molecule has 80 valence electrons. The van der Waals surface area contributed by atoms with Crippen LogP contribution in [0.3, 0.4) is 0 Å². The van der Waals surface area contributed by atoms with E-state index in [-0.39, 0.29) is 5.75 Å². The van der Waals surface area contributed by atoms with Crippen molar-refractivity contribution in [1.82, 2.24) is 4.31 Å². The Balaban J connectivity index is 2.15. The SMILES string of the molecule is O=S(=O)(Cc1ccccc1)N1C=CCC1. The molecule has 0 spiro atoms. The van der Waals surface area contributed by atoms with Gasteiger partial charge in [0.05, 0.1) is 5.75 Å². The van der Waals surface area contributed by atoms with E-state index in [1.54, 1.807) is 6.20 Å². The third-order valence-corrected chi connectivity index (χ3v) is 4.05. The smallest absolute Gasteiger partial charge is 0.238 e. The van der Waals surface area contributed by atoms with Gasteiger partial charge in [0.2, 0.25) is 10.0 Å². The lowest BCUT2D eigenvalue weighted by atomic mass is 10.2. The van der Waals surface area contributed by atoms with Gasteiger partial charge in [-0.15, -0.1) is 0 Å². The molecule has 0 saturated carbocycles. The maximum Gasteiger partial charge on any atom is 0.238 e. The first kappa shape index (κ1) is 10.2. The number of hydrogen-bond donors (Lipinski definition) is 0. The minimum atomic E-state index is -3.17. The van der Waals surface area contributed by atoms with Crippen LogP contribution in [0.4, 0.5) is 0 Å². The van der Waals surface area contributed by atoms with Crippen LogP contribution in [0.15, 0.2) is 42.6 Å². The van der Waals surface area contributed by atoms with Crippen LogP contribution in [0.1, 0.15) is 12.0 Å². The van der Waals surface area contributed by atoms with Gasteiger partial charge in [-0.25, -0.2) is 8.42 Å². The summed E-state index contributed by atoms with van der Waals surface area (Å²) in [6.45, 7) is 0.579. The van der Waals surface area contributed by atoms with Gasteiger partial charge >= 0.3 is 0 Å². The van der Waals surface area contributed by atoms with Crippen molar-refractivity contribution in [3.63, 3.8) is 0 Å². The van der Waals surface area contributed by atoms with Gasteiger partial charge < -0.3 is 0 Å². The molecule has 4 heteroatoms. The van der Waals surface area contributed by atoms with Crippen LogP contribution in [-0.2, 0) is 15.8 Å². The van der Waals surface area contributed by atoms with Crippen LogP contribution in [0.2, 0.25) is 0 Å². The third-order valence-electron chi connectivity index (χ3n) is 2.34. The Morgan fingerprint density at radius 1 is 1.20 bits per heavy atom. The summed E-state index contributed by atoms with van der Waals surface area (Å²) in [6.07, 6.45) is 4.34. The van der Waals surface area contributed by atoms with E-state index in [9.17, 15) is 8.42 Å². The van der Waals surface area contributed by atoms with Crippen molar-refractivity contribution in [3.8, 4) is 0 Å². The lowest BCUT2D eigenvalue weighted by molar-refractivity contribution is 0.516. The highest BCUT2D eigenvalue weighted by Crippen LogP contribution is 2.15. The van der Waals surface area contributed by atoms with Crippen molar-refractivity contribution in [2.45, 2.75) is 12.2 Å². The van der Waals surface area contributed by atoms with E-state index in [0.29, 0.717) is 6.54 Å². The molecule has 1 heterocycles. The number of benzene rings is 1. The highest BCUT2D eigenvalue weighted by atomic mass is 32.2. The molecular weight excluding hydrogens is 210 g/mol. The molecule has 0 saturated heterocycles. The van der Waals surface area contributed by atoms with Gasteiger partial charge in [-0.1, -0.05) is 36.4 Å². The predicted molar refractivity (Wildman–Crippen MR) is 59.5 cm³/mol. The summed E-state index contributed by atoms with van der Waals surface area (Å²) < 4.78 is 25.2. The molecule has 3 nitrogen and oxygen atoms in total. The maximum absolute atomic E-state index is 11.9. The molecule has 1 aliphatic rings. The van der Waals surface area contributed by atoms with E-state index >= 15 is 0 Å². The molecule has 0 unspecified atom stereocenters. The molecule has 1 aliphatic heterocycles. The van der Waals surface area contributed by atoms with Crippen LogP contribution in [-0.4, -0.2) is 19.3 Å². The highest BCUT2D eigenvalue weighted by molar-refractivity contribution is 7.88. The number of nitrogens with zero attached hydrogens (tertiary/aromatic N) is 1. The van der Waals surface area contributed by atoms with E-state index in [1.807, 2.05) is 36.4 Å². The molecule has 0 atom stereocenters. The van der Waals surface area contributed by atoms with E-state index in [0.717, 1.165) is 12.0 Å². The van der Waals surface area contributed by atoms with Crippen molar-refractivity contribution in [2.24, 2.45) is 0 Å². The molecule has 0 bridgehead atoms. The monoisotopic (exact) mass is 223 g/mol. The third kappa shape index (κ3) is 2.39. The standard InChI is InChI=1S/C11H13NO2S/c13-15(14,12-8-4-5-9-12)10-11-6-2-1-3-7-11/h1-4,6-8H,5,9-10H2. The zero-order valence-electron chi connectivity index (χ0n) is 8.33. The summed E-state index contributed by atoms with van der Waals surface area (Å²) in [6, 6.07) is 9.25. The van der Waals surface area contributed by atoms with E-state index in [2.05, 4.69) is 0 Å². The number of hydrogen-bond acceptors (Lipinski definition) is 2. The molecule has 0 N–H and O–H groups in total. The summed E-state index contributed by atoms with van der Waals surface area (Å²) in [4.78, 5) is 0. The summed E-state index contributed by atoms with van der Waals surface area (Å²) in [5.74, 6) is 0.0815. The highest BCUT2D eigenvalue weighted by Gasteiger charge is 2.20. The van der Waals surface area contributed by atoms with Gasteiger partial charge in [0, 0.05) is 12.7 Å². The van der Waals surface area contributed by atoms with Gasteiger partial charge in [-0.05, 0) is 12.0 Å². The second kappa shape index (κ2) is 4.06. The van der Waals surface area contributed by atoms with Crippen LogP contribution in [0.25, 0.3) is 0 Å². The lowest BCUT2D eigenvalue weighted by Gasteiger charge is -2.15. The van der Waals surface area contributed by atoms with Crippen molar-refractivity contribution in [3.05, 3.63) is 48.2 Å². The summed E-state index contributed by atoms with van der Waals surface area (Å²) in [5.41, 5.74) is 0.831. The average molecular weight is 223 g/mol. The molecule has 1 aromatic carbocycles. The largest absolute Gasteiger partial charge is 0.277 e. The minimum absolute atomic E-state index is 0.0815. The van der Waals surface area contributed by atoms with Gasteiger partial charge in [0.1, 0.15) is 0 Å². The molecule has 0 amide bonds. The molecule has 1 aromatic rings. The molecular formula is C11H13NO2S. The van der Waals surface area contributed by atoms with Crippen LogP contribution < -0.4 is 0 Å². The molecule has 15 heavy (non-hydrogen) atoms. The Bertz CT molecular complexity index is 451. The Labute approximate surface area is 90.1 Å². The molecule has 0 fully saturated rings. The van der Waals surface area contributed by atoms with Crippen LogP contribution in [0.5, 0.6) is 0 Å². The Morgan fingerprint density at radius 2 is 1.93 bits per heavy atom. The van der Waals surface area contributed by atoms with Crippen molar-refractivity contribution in [1.29, 1.82) is 0 Å². The van der Waals surface area contributed by atoms with Gasteiger partial charge in [0.15, 0.2) is 0 Å². The second-order valence-electron chi connectivity index (χ2n) is 3.53. The minimum Gasteiger partial charge on any atom is -0.277 e. The van der Waals surface area contributed by atoms with Gasteiger partial charge in [-0.3, -0.25) is 4.31 Å². The van der Waals surface area contributed by atoms with Gasteiger partial charge in [-0.2, -0.15) is 0 Å². The predicted octanol–water partition coefficient (Wildman–Crippen LogP) is 1.74. The van der Waals surface area contributed by atoms with Crippen molar-refractivity contribution < 1.29 is 8.42 Å². The molecule has 0 aromatic heterocycles. The Kier molecular flexibility index (Phi) is 2.77. The van der Waals surface area contributed by atoms with E-state index in [4.69, 9.17) is 0 Å². The van der Waals surface area contributed by atoms with Crippen molar-refractivity contribution in [2.75, 3.05) is 6.54 Å². The quantitative estimate of drug-likeness (QED) is 0.782. The van der Waals surface area contributed by atoms with E-state index in [1.165, 1.54) is 4.31 Å². The fourth-order valence-electron chi connectivity index (χ4n) is 1.57. The normalized spacial score (nSPS) is 15.9. The van der Waals surface area contributed by atoms with E-state index < -0.39 is 10.0 Å². The topological polar surface area (TPSA) is 37.4 Å². The second-order valence-corrected chi connectivity index (χ2v) is 5.45. The van der Waals surface area contributed by atoms with Crippen LogP contribution in [0, 0.1) is 0 Å². The Morgan fingerprint density at radius 3 is 2.53 bits per heavy atom. The van der Waals surface area contributed by atoms with Crippen LogP contribution >= 0.6 is 0 Å². The number of rotatable bonds is 3. The maximum atomic E-state index is 11.9. The summed E-state index contributed by atoms with van der Waals surface area (Å²) in [7, 11) is -3.17. The zero-order chi connectivity index (χ0) is 10.7. The summed E-state index contributed by atoms with van der Waals surface area (Å²) >= 11 is 0. The fraction of sp³-hybridized carbons (Fsp3) is 0.273. The molecule has 2 rings (SSSR count). The summed E-state index contributed by atoms with van der Waals surface area (Å²) in [5, 5.41) is 0. The van der Waals surface area contributed by atoms with Gasteiger partial charge in [0.25, 0.3) is 0 Å². The number of sulfonamides is 1. The fourth-order valence-corrected chi connectivity index (χ4v) is 3.00.